The quantitative estimate of drug-likeness (QED) is 0.217. The Kier molecular flexibility index (Phi) is 5.35. The summed E-state index contributed by atoms with van der Waals surface area (Å²) in [6.45, 7) is 4.73. The fourth-order valence-electron chi connectivity index (χ4n) is 7.03. The maximum Gasteiger partial charge on any atom is 0.0930 e. The number of fused-ring (bicyclic) bond motifs is 8. The molecule has 0 saturated heterocycles. The predicted octanol–water partition coefficient (Wildman–Crippen LogP) is 9.30. The highest BCUT2D eigenvalue weighted by Gasteiger charge is 2.52. The van der Waals surface area contributed by atoms with E-state index in [0.29, 0.717) is 0 Å². The standard InChI is InChI=1S/C38H28N2S/c1-37(2)27-14-6-8-16-29(27)38(30-17-9-7-15-28(30)37)31-18-10-11-19-35(31)41-36-23-20-26(24-32(36)38)34-22-21-33(39-40-34)25-12-4-3-5-13-25/h3-24H,1-2H3. The summed E-state index contributed by atoms with van der Waals surface area (Å²) in [6, 6.07) is 48.3. The summed E-state index contributed by atoms with van der Waals surface area (Å²) in [6.07, 6.45) is 0. The van der Waals surface area contributed by atoms with Gasteiger partial charge in [-0.1, -0.05) is 129 Å². The highest BCUT2D eigenvalue weighted by Crippen LogP contribution is 2.61. The third-order valence-corrected chi connectivity index (χ3v) is 10.1. The molecule has 2 nitrogen and oxygen atoms in total. The fraction of sp³-hybridized carbons (Fsp3) is 0.105. The van der Waals surface area contributed by atoms with Gasteiger partial charge in [0.25, 0.3) is 0 Å². The smallest absolute Gasteiger partial charge is 0.0930 e. The molecule has 1 spiro atoms. The number of aromatic nitrogens is 2. The molecule has 0 unspecified atom stereocenters. The lowest BCUT2D eigenvalue weighted by molar-refractivity contribution is 0.549. The summed E-state index contributed by atoms with van der Waals surface area (Å²) in [5, 5.41) is 9.32. The molecule has 0 fully saturated rings. The van der Waals surface area contributed by atoms with E-state index in [1.165, 1.54) is 43.2 Å². The van der Waals surface area contributed by atoms with Crippen LogP contribution in [0.3, 0.4) is 0 Å². The van der Waals surface area contributed by atoms with E-state index in [0.717, 1.165) is 22.5 Å². The molecule has 1 aromatic heterocycles. The van der Waals surface area contributed by atoms with Crippen LogP contribution in [0.1, 0.15) is 47.2 Å². The number of nitrogens with zero attached hydrogens (tertiary/aromatic N) is 2. The van der Waals surface area contributed by atoms with Gasteiger partial charge in [-0.2, -0.15) is 0 Å². The Hall–Kier alpha value is -4.47. The van der Waals surface area contributed by atoms with Crippen LogP contribution < -0.4 is 0 Å². The van der Waals surface area contributed by atoms with E-state index in [9.17, 15) is 0 Å². The normalized spacial score (nSPS) is 15.4. The Morgan fingerprint density at radius 2 is 0.951 bits per heavy atom. The first-order valence-electron chi connectivity index (χ1n) is 14.1. The summed E-state index contributed by atoms with van der Waals surface area (Å²) >= 11 is 1.87. The average molecular weight is 545 g/mol. The van der Waals surface area contributed by atoms with Crippen molar-refractivity contribution in [3.63, 3.8) is 0 Å². The summed E-state index contributed by atoms with van der Waals surface area (Å²) in [7, 11) is 0. The van der Waals surface area contributed by atoms with Crippen LogP contribution in [0.15, 0.2) is 143 Å². The van der Waals surface area contributed by atoms with Gasteiger partial charge in [0.1, 0.15) is 0 Å². The molecular formula is C38H28N2S. The molecule has 41 heavy (non-hydrogen) atoms. The van der Waals surface area contributed by atoms with E-state index in [2.05, 4.69) is 134 Å². The van der Waals surface area contributed by atoms with Crippen LogP contribution >= 0.6 is 11.8 Å². The first kappa shape index (κ1) is 24.3. The van der Waals surface area contributed by atoms with Crippen LogP contribution in [0.2, 0.25) is 0 Å². The van der Waals surface area contributed by atoms with E-state index >= 15 is 0 Å². The molecule has 6 aromatic rings. The lowest BCUT2D eigenvalue weighted by atomic mass is 9.54. The van der Waals surface area contributed by atoms with Crippen molar-refractivity contribution in [2.24, 2.45) is 0 Å². The molecule has 5 aromatic carbocycles. The largest absolute Gasteiger partial charge is 0.150 e. The van der Waals surface area contributed by atoms with E-state index < -0.39 is 5.41 Å². The maximum absolute atomic E-state index is 4.71. The molecule has 2 aliphatic rings. The van der Waals surface area contributed by atoms with Gasteiger partial charge in [-0.15, -0.1) is 10.2 Å². The minimum absolute atomic E-state index is 0.117. The zero-order chi connectivity index (χ0) is 27.6. The van der Waals surface area contributed by atoms with Crippen molar-refractivity contribution < 1.29 is 0 Å². The van der Waals surface area contributed by atoms with Gasteiger partial charge < -0.3 is 0 Å². The van der Waals surface area contributed by atoms with Crippen LogP contribution in [-0.4, -0.2) is 10.2 Å². The van der Waals surface area contributed by atoms with Crippen LogP contribution in [0, 0.1) is 0 Å². The predicted molar refractivity (Wildman–Crippen MR) is 167 cm³/mol. The molecule has 1 aliphatic heterocycles. The van der Waals surface area contributed by atoms with Crippen LogP contribution in [-0.2, 0) is 10.8 Å². The van der Waals surface area contributed by atoms with Gasteiger partial charge in [-0.25, -0.2) is 0 Å². The van der Waals surface area contributed by atoms with Gasteiger partial charge >= 0.3 is 0 Å². The summed E-state index contributed by atoms with van der Waals surface area (Å²) in [4.78, 5) is 2.59. The van der Waals surface area contributed by atoms with Crippen LogP contribution in [0.4, 0.5) is 0 Å². The summed E-state index contributed by atoms with van der Waals surface area (Å²) in [5.41, 5.74) is 11.5. The highest BCUT2D eigenvalue weighted by molar-refractivity contribution is 7.99. The van der Waals surface area contributed by atoms with Crippen molar-refractivity contribution in [3.05, 3.63) is 167 Å². The lowest BCUT2D eigenvalue weighted by Crippen LogP contribution is -2.43. The van der Waals surface area contributed by atoms with Crippen molar-refractivity contribution in [1.29, 1.82) is 0 Å². The second-order valence-electron chi connectivity index (χ2n) is 11.4. The maximum atomic E-state index is 4.71. The zero-order valence-corrected chi connectivity index (χ0v) is 23.8. The molecule has 196 valence electrons. The monoisotopic (exact) mass is 544 g/mol. The number of rotatable bonds is 2. The van der Waals surface area contributed by atoms with Crippen LogP contribution in [0.5, 0.6) is 0 Å². The Morgan fingerprint density at radius 1 is 0.439 bits per heavy atom. The van der Waals surface area contributed by atoms with Crippen molar-refractivity contribution >= 4 is 11.8 Å². The van der Waals surface area contributed by atoms with E-state index in [1.807, 2.05) is 30.0 Å². The fourth-order valence-corrected chi connectivity index (χ4v) is 8.20. The van der Waals surface area contributed by atoms with Crippen molar-refractivity contribution in [2.75, 3.05) is 0 Å². The third-order valence-electron chi connectivity index (χ3n) is 8.93. The number of hydrogen-bond donors (Lipinski definition) is 0. The van der Waals surface area contributed by atoms with Gasteiger partial charge in [0.15, 0.2) is 0 Å². The molecule has 0 radical (unpaired) electrons. The SMILES string of the molecule is CC1(C)c2ccccc2C2(c3ccccc3Sc3ccc(-c4ccc(-c5ccccc5)nn4)cc32)c2ccccc21. The van der Waals surface area contributed by atoms with E-state index in [1.54, 1.807) is 0 Å². The Balaban J connectivity index is 1.41. The molecule has 0 atom stereocenters. The van der Waals surface area contributed by atoms with Crippen molar-refractivity contribution in [3.8, 4) is 22.5 Å². The van der Waals surface area contributed by atoms with Gasteiger partial charge in [-0.3, -0.25) is 0 Å². The Labute approximate surface area is 245 Å². The highest BCUT2D eigenvalue weighted by atomic mass is 32.2. The number of hydrogen-bond acceptors (Lipinski definition) is 3. The molecule has 0 bridgehead atoms. The average Bonchev–Trinajstić information content (AvgIpc) is 3.03. The van der Waals surface area contributed by atoms with Gasteiger partial charge in [0, 0.05) is 26.3 Å². The molecule has 0 amide bonds. The molecule has 2 heterocycles. The van der Waals surface area contributed by atoms with E-state index in [-0.39, 0.29) is 5.41 Å². The number of benzene rings is 5. The zero-order valence-electron chi connectivity index (χ0n) is 23.0. The molecule has 0 saturated carbocycles. The molecular weight excluding hydrogens is 516 g/mol. The van der Waals surface area contributed by atoms with Crippen molar-refractivity contribution in [1.82, 2.24) is 10.2 Å². The van der Waals surface area contributed by atoms with E-state index in [4.69, 9.17) is 5.10 Å². The Bertz CT molecular complexity index is 1890. The first-order chi connectivity index (χ1) is 20.1. The van der Waals surface area contributed by atoms with Crippen LogP contribution in [0.25, 0.3) is 22.5 Å². The van der Waals surface area contributed by atoms with Gasteiger partial charge in [-0.05, 0) is 63.7 Å². The molecule has 1 aliphatic carbocycles. The first-order valence-corrected chi connectivity index (χ1v) is 14.9. The topological polar surface area (TPSA) is 25.8 Å². The third kappa shape index (κ3) is 3.45. The lowest BCUT2D eigenvalue weighted by Gasteiger charge is -2.50. The summed E-state index contributed by atoms with van der Waals surface area (Å²) in [5.74, 6) is 0. The minimum atomic E-state index is -0.437. The van der Waals surface area contributed by atoms with Gasteiger partial charge in [0.2, 0.25) is 0 Å². The second-order valence-corrected chi connectivity index (χ2v) is 12.5. The molecule has 8 rings (SSSR count). The molecule has 0 N–H and O–H groups in total. The van der Waals surface area contributed by atoms with Crippen molar-refractivity contribution in [2.45, 2.75) is 34.5 Å². The van der Waals surface area contributed by atoms with Gasteiger partial charge in [0.05, 0.1) is 16.8 Å². The Morgan fingerprint density at radius 3 is 1.59 bits per heavy atom. The summed E-state index contributed by atoms with van der Waals surface area (Å²) < 4.78 is 0. The second kappa shape index (κ2) is 9.02. The minimum Gasteiger partial charge on any atom is -0.150 e. The molecule has 3 heteroatoms.